The Morgan fingerprint density at radius 3 is 1.39 bits per heavy atom. The van der Waals surface area contributed by atoms with E-state index in [1.54, 1.807) is 0 Å². The minimum absolute atomic E-state index is 1.23. The van der Waals surface area contributed by atoms with E-state index in [1.807, 2.05) is 0 Å². The molecule has 0 aliphatic heterocycles. The van der Waals surface area contributed by atoms with Gasteiger partial charge in [0, 0.05) is 0 Å². The Bertz CT molecular complexity index is 2300. The topological polar surface area (TPSA) is 0 Å². The summed E-state index contributed by atoms with van der Waals surface area (Å²) in [6, 6.07) is 60.6. The largest absolute Gasteiger partial charge is 0.0775 e. The molecule has 220 valence electrons. The molecule has 0 aromatic heterocycles. The zero-order valence-electron chi connectivity index (χ0n) is 26.6. The molecule has 0 saturated heterocycles. The van der Waals surface area contributed by atoms with Crippen LogP contribution in [0.15, 0.2) is 164 Å². The van der Waals surface area contributed by atoms with Gasteiger partial charge >= 0.3 is 0 Å². The van der Waals surface area contributed by atoms with Crippen LogP contribution >= 0.6 is 0 Å². The zero-order valence-corrected chi connectivity index (χ0v) is 27.6. The molecule has 0 nitrogen and oxygen atoms in total. The number of fused-ring (bicyclic) bond motifs is 3. The lowest BCUT2D eigenvalue weighted by Crippen LogP contribution is -2.37. The number of hydrogen-bond donors (Lipinski definition) is 0. The first-order valence-electron chi connectivity index (χ1n) is 16.2. The monoisotopic (exact) mass is 604 g/mol. The standard InChI is InChI=1S/C45H36Si/c1-46(2,3)37-28-26-35(27-29-37)44-39-15-7-9-17-41(39)45(42-18-10-8-16-40(42)44)36-25-24-33-14-11-19-38(43(33)30-36)34-22-20-32(21-23-34)31-12-5-4-6-13-31/h4-30H,1-3H3. The van der Waals surface area contributed by atoms with Gasteiger partial charge in [-0.05, 0) is 82.9 Å². The third-order valence-corrected chi connectivity index (χ3v) is 11.5. The van der Waals surface area contributed by atoms with Crippen molar-refractivity contribution >= 4 is 45.6 Å². The van der Waals surface area contributed by atoms with Crippen LogP contribution < -0.4 is 5.19 Å². The highest BCUT2D eigenvalue weighted by Gasteiger charge is 2.19. The Kier molecular flexibility index (Phi) is 6.93. The van der Waals surface area contributed by atoms with Gasteiger partial charge in [0.25, 0.3) is 0 Å². The van der Waals surface area contributed by atoms with Gasteiger partial charge in [-0.15, -0.1) is 0 Å². The van der Waals surface area contributed by atoms with Crippen LogP contribution in [0.4, 0.5) is 0 Å². The molecule has 8 rings (SSSR count). The first kappa shape index (κ1) is 28.2. The molecule has 8 aromatic carbocycles. The van der Waals surface area contributed by atoms with Crippen molar-refractivity contribution in [1.29, 1.82) is 0 Å². The summed E-state index contributed by atoms with van der Waals surface area (Å²) in [6.45, 7) is 7.24. The lowest BCUT2D eigenvalue weighted by molar-refractivity contribution is 1.60. The summed E-state index contributed by atoms with van der Waals surface area (Å²) in [5.41, 5.74) is 10.1. The van der Waals surface area contributed by atoms with Crippen LogP contribution in [-0.2, 0) is 0 Å². The van der Waals surface area contributed by atoms with Gasteiger partial charge in [0.1, 0.15) is 0 Å². The van der Waals surface area contributed by atoms with Crippen LogP contribution in [-0.4, -0.2) is 8.07 Å². The average Bonchev–Trinajstić information content (AvgIpc) is 3.10. The van der Waals surface area contributed by atoms with Crippen molar-refractivity contribution in [2.45, 2.75) is 19.6 Å². The van der Waals surface area contributed by atoms with Crippen LogP contribution in [0.2, 0.25) is 19.6 Å². The molecule has 0 heterocycles. The Balaban J connectivity index is 1.32. The maximum Gasteiger partial charge on any atom is 0.0775 e. The van der Waals surface area contributed by atoms with Crippen molar-refractivity contribution in [3.05, 3.63) is 164 Å². The van der Waals surface area contributed by atoms with E-state index >= 15 is 0 Å². The van der Waals surface area contributed by atoms with Gasteiger partial charge < -0.3 is 0 Å². The van der Waals surface area contributed by atoms with Crippen LogP contribution in [0, 0.1) is 0 Å². The fourth-order valence-electron chi connectivity index (χ4n) is 7.04. The molecule has 0 spiro atoms. The van der Waals surface area contributed by atoms with Gasteiger partial charge in [0.15, 0.2) is 0 Å². The number of benzene rings is 8. The summed E-state index contributed by atoms with van der Waals surface area (Å²) in [5.74, 6) is 0. The average molecular weight is 605 g/mol. The van der Waals surface area contributed by atoms with Crippen LogP contribution in [0.25, 0.3) is 76.8 Å². The Morgan fingerprint density at radius 2 is 0.804 bits per heavy atom. The third-order valence-electron chi connectivity index (χ3n) is 9.44. The molecule has 0 bridgehead atoms. The molecule has 8 aromatic rings. The maximum atomic E-state index is 2.41. The minimum Gasteiger partial charge on any atom is -0.0656 e. The van der Waals surface area contributed by atoms with E-state index < -0.39 is 8.07 Å². The second-order valence-electron chi connectivity index (χ2n) is 13.4. The predicted octanol–water partition coefficient (Wildman–Crippen LogP) is 12.4. The molecule has 0 atom stereocenters. The van der Waals surface area contributed by atoms with Gasteiger partial charge in [0.05, 0.1) is 8.07 Å². The summed E-state index contributed by atoms with van der Waals surface area (Å²) in [5, 5.41) is 9.17. The van der Waals surface area contributed by atoms with E-state index in [1.165, 1.54) is 82.0 Å². The summed E-state index contributed by atoms with van der Waals surface area (Å²) in [4.78, 5) is 0. The highest BCUT2D eigenvalue weighted by Crippen LogP contribution is 2.44. The molecular formula is C45H36Si. The zero-order chi connectivity index (χ0) is 31.3. The lowest BCUT2D eigenvalue weighted by Gasteiger charge is -2.20. The normalized spacial score (nSPS) is 11.8. The van der Waals surface area contributed by atoms with Gasteiger partial charge in [-0.1, -0.05) is 183 Å². The molecule has 0 aliphatic rings. The molecule has 0 unspecified atom stereocenters. The summed E-state index contributed by atoms with van der Waals surface area (Å²) >= 11 is 0. The molecule has 0 N–H and O–H groups in total. The van der Waals surface area contributed by atoms with Crippen molar-refractivity contribution in [2.75, 3.05) is 0 Å². The smallest absolute Gasteiger partial charge is 0.0656 e. The molecule has 0 saturated carbocycles. The van der Waals surface area contributed by atoms with Gasteiger partial charge in [-0.3, -0.25) is 0 Å². The fraction of sp³-hybridized carbons (Fsp3) is 0.0667. The summed E-state index contributed by atoms with van der Waals surface area (Å²) < 4.78 is 0. The van der Waals surface area contributed by atoms with Gasteiger partial charge in [0.2, 0.25) is 0 Å². The molecular weight excluding hydrogens is 569 g/mol. The van der Waals surface area contributed by atoms with E-state index in [0.717, 1.165) is 0 Å². The Labute approximate surface area is 272 Å². The van der Waals surface area contributed by atoms with Crippen LogP contribution in [0.3, 0.4) is 0 Å². The van der Waals surface area contributed by atoms with Crippen molar-refractivity contribution in [1.82, 2.24) is 0 Å². The first-order valence-corrected chi connectivity index (χ1v) is 19.7. The van der Waals surface area contributed by atoms with Crippen LogP contribution in [0.5, 0.6) is 0 Å². The molecule has 0 radical (unpaired) electrons. The minimum atomic E-state index is -1.39. The molecule has 0 fully saturated rings. The Morgan fingerprint density at radius 1 is 0.326 bits per heavy atom. The highest BCUT2D eigenvalue weighted by atomic mass is 28.3. The summed E-state index contributed by atoms with van der Waals surface area (Å²) in [7, 11) is -1.39. The van der Waals surface area contributed by atoms with Gasteiger partial charge in [-0.2, -0.15) is 0 Å². The summed E-state index contributed by atoms with van der Waals surface area (Å²) in [6.07, 6.45) is 0. The van der Waals surface area contributed by atoms with E-state index in [0.29, 0.717) is 0 Å². The van der Waals surface area contributed by atoms with E-state index in [-0.39, 0.29) is 0 Å². The molecule has 0 aliphatic carbocycles. The van der Waals surface area contributed by atoms with Gasteiger partial charge in [-0.25, -0.2) is 0 Å². The van der Waals surface area contributed by atoms with Crippen molar-refractivity contribution in [2.24, 2.45) is 0 Å². The van der Waals surface area contributed by atoms with Crippen molar-refractivity contribution in [3.63, 3.8) is 0 Å². The Hall–Kier alpha value is -5.24. The van der Waals surface area contributed by atoms with E-state index in [2.05, 4.69) is 183 Å². The molecule has 1 heteroatoms. The highest BCUT2D eigenvalue weighted by molar-refractivity contribution is 6.88. The second kappa shape index (κ2) is 11.3. The van der Waals surface area contributed by atoms with Crippen molar-refractivity contribution < 1.29 is 0 Å². The first-order chi connectivity index (χ1) is 22.5. The second-order valence-corrected chi connectivity index (χ2v) is 18.4. The number of hydrogen-bond acceptors (Lipinski definition) is 0. The van der Waals surface area contributed by atoms with Crippen molar-refractivity contribution in [3.8, 4) is 44.5 Å². The number of rotatable bonds is 5. The maximum absolute atomic E-state index is 2.41. The quantitative estimate of drug-likeness (QED) is 0.135. The predicted molar refractivity (Wildman–Crippen MR) is 204 cm³/mol. The molecule has 0 amide bonds. The van der Waals surface area contributed by atoms with E-state index in [4.69, 9.17) is 0 Å². The third kappa shape index (κ3) is 4.94. The lowest BCUT2D eigenvalue weighted by atomic mass is 9.85. The fourth-order valence-corrected chi connectivity index (χ4v) is 8.21. The molecule has 46 heavy (non-hydrogen) atoms. The SMILES string of the molecule is C[Si](C)(C)c1ccc(-c2c3ccccc3c(-c3ccc4cccc(-c5ccc(-c6ccccc6)cc5)c4c3)c3ccccc23)cc1. The van der Waals surface area contributed by atoms with E-state index in [9.17, 15) is 0 Å². The van der Waals surface area contributed by atoms with Crippen LogP contribution in [0.1, 0.15) is 0 Å².